The molecule has 0 fully saturated rings. The summed E-state index contributed by atoms with van der Waals surface area (Å²) in [5.74, 6) is -2.98. The van der Waals surface area contributed by atoms with Crippen LogP contribution in [-0.2, 0) is 19.2 Å². The molecule has 10 heteroatoms. The van der Waals surface area contributed by atoms with Gasteiger partial charge in [-0.15, -0.1) is 0 Å². The van der Waals surface area contributed by atoms with Crippen LogP contribution in [0.3, 0.4) is 0 Å². The van der Waals surface area contributed by atoms with Crippen molar-refractivity contribution < 1.29 is 24.3 Å². The van der Waals surface area contributed by atoms with Crippen LogP contribution in [0.15, 0.2) is 0 Å². The van der Waals surface area contributed by atoms with Crippen molar-refractivity contribution in [2.24, 2.45) is 17.2 Å². The molecule has 0 aromatic carbocycles. The first-order valence-electron chi connectivity index (χ1n) is 7.76. The molecule has 0 saturated carbocycles. The number of carboxylic acids is 1. The molecule has 0 radical (unpaired) electrons. The Labute approximate surface area is 140 Å². The third-order valence-electron chi connectivity index (χ3n) is 3.35. The summed E-state index contributed by atoms with van der Waals surface area (Å²) in [6.07, 6.45) is 1.48. The van der Waals surface area contributed by atoms with Crippen molar-refractivity contribution in [1.29, 1.82) is 0 Å². The first-order valence-corrected chi connectivity index (χ1v) is 7.76. The molecule has 0 spiro atoms. The molecule has 0 aromatic rings. The van der Waals surface area contributed by atoms with Crippen LogP contribution in [0.4, 0.5) is 0 Å². The van der Waals surface area contributed by atoms with E-state index in [4.69, 9.17) is 22.3 Å². The van der Waals surface area contributed by atoms with Crippen LogP contribution in [0.1, 0.15) is 39.0 Å². The van der Waals surface area contributed by atoms with Crippen molar-refractivity contribution in [2.45, 2.75) is 57.2 Å². The molecule has 0 aromatic heterocycles. The number of primary amides is 1. The SMILES string of the molecule is CC(NC(=O)C(N)CCC(N)=O)C(=O)NC(CCCCN)C(=O)O. The Kier molecular flexibility index (Phi) is 10.3. The lowest BCUT2D eigenvalue weighted by molar-refractivity contribution is -0.142. The van der Waals surface area contributed by atoms with Gasteiger partial charge in [0.25, 0.3) is 0 Å². The summed E-state index contributed by atoms with van der Waals surface area (Å²) in [4.78, 5) is 45.6. The first-order chi connectivity index (χ1) is 11.2. The smallest absolute Gasteiger partial charge is 0.326 e. The maximum absolute atomic E-state index is 12.0. The number of amides is 3. The molecule has 0 rings (SSSR count). The fourth-order valence-electron chi connectivity index (χ4n) is 1.86. The quantitative estimate of drug-likeness (QED) is 0.216. The summed E-state index contributed by atoms with van der Waals surface area (Å²) >= 11 is 0. The third kappa shape index (κ3) is 9.06. The summed E-state index contributed by atoms with van der Waals surface area (Å²) in [6, 6.07) is -2.99. The molecule has 0 bridgehead atoms. The number of rotatable bonds is 12. The molecule has 3 unspecified atom stereocenters. The van der Waals surface area contributed by atoms with Gasteiger partial charge in [0.15, 0.2) is 0 Å². The standard InChI is InChI=1S/C14H27N5O5/c1-8(18-13(22)9(16)5-6-11(17)20)12(21)19-10(14(23)24)4-2-3-7-15/h8-10H,2-7,15-16H2,1H3,(H2,17,20)(H,18,22)(H,19,21)(H,23,24). The van der Waals surface area contributed by atoms with E-state index in [2.05, 4.69) is 10.6 Å². The van der Waals surface area contributed by atoms with Crippen LogP contribution >= 0.6 is 0 Å². The van der Waals surface area contributed by atoms with E-state index in [1.807, 2.05) is 0 Å². The van der Waals surface area contributed by atoms with Crippen molar-refractivity contribution in [2.75, 3.05) is 6.54 Å². The fourth-order valence-corrected chi connectivity index (χ4v) is 1.86. The number of hydrogen-bond acceptors (Lipinski definition) is 6. The first kappa shape index (κ1) is 21.8. The molecule has 3 amide bonds. The highest BCUT2D eigenvalue weighted by atomic mass is 16.4. The Bertz CT molecular complexity index is 457. The maximum Gasteiger partial charge on any atom is 0.326 e. The van der Waals surface area contributed by atoms with Crippen LogP contribution in [0, 0.1) is 0 Å². The predicted octanol–water partition coefficient (Wildman–Crippen LogP) is -2.22. The Morgan fingerprint density at radius 1 is 1.04 bits per heavy atom. The van der Waals surface area contributed by atoms with Crippen molar-refractivity contribution in [1.82, 2.24) is 10.6 Å². The zero-order valence-corrected chi connectivity index (χ0v) is 13.8. The Balaban J connectivity index is 4.44. The normalized spacial score (nSPS) is 14.3. The molecule has 0 saturated heterocycles. The number of carbonyl (C=O) groups excluding carboxylic acids is 3. The van der Waals surface area contributed by atoms with Gasteiger partial charge < -0.3 is 32.9 Å². The second-order valence-corrected chi connectivity index (χ2v) is 5.53. The summed E-state index contributed by atoms with van der Waals surface area (Å²) in [5.41, 5.74) is 15.9. The van der Waals surface area contributed by atoms with E-state index < -0.39 is 41.8 Å². The maximum atomic E-state index is 12.0. The van der Waals surface area contributed by atoms with E-state index in [0.29, 0.717) is 19.4 Å². The molecule has 138 valence electrons. The second-order valence-electron chi connectivity index (χ2n) is 5.53. The molecular formula is C14H27N5O5. The number of unbranched alkanes of at least 4 members (excludes halogenated alkanes) is 1. The van der Waals surface area contributed by atoms with Gasteiger partial charge in [-0.05, 0) is 39.2 Å². The largest absolute Gasteiger partial charge is 0.480 e. The molecular weight excluding hydrogens is 318 g/mol. The molecule has 10 nitrogen and oxygen atoms in total. The highest BCUT2D eigenvalue weighted by molar-refractivity contribution is 5.91. The summed E-state index contributed by atoms with van der Waals surface area (Å²) in [5, 5.41) is 13.8. The van der Waals surface area contributed by atoms with Crippen molar-refractivity contribution in [3.63, 3.8) is 0 Å². The number of carboxylic acid groups (broad SMARTS) is 1. The fraction of sp³-hybridized carbons (Fsp3) is 0.714. The molecule has 0 aliphatic heterocycles. The highest BCUT2D eigenvalue weighted by Crippen LogP contribution is 2.02. The number of carbonyl (C=O) groups is 4. The third-order valence-corrected chi connectivity index (χ3v) is 3.35. The van der Waals surface area contributed by atoms with Crippen LogP contribution < -0.4 is 27.8 Å². The Morgan fingerprint density at radius 3 is 2.17 bits per heavy atom. The van der Waals surface area contributed by atoms with Crippen molar-refractivity contribution in [3.05, 3.63) is 0 Å². The molecule has 3 atom stereocenters. The van der Waals surface area contributed by atoms with Gasteiger partial charge in [0.1, 0.15) is 12.1 Å². The number of hydrogen-bond donors (Lipinski definition) is 6. The van der Waals surface area contributed by atoms with E-state index >= 15 is 0 Å². The minimum atomic E-state index is -1.16. The molecule has 9 N–H and O–H groups in total. The minimum absolute atomic E-state index is 0.0443. The van der Waals surface area contributed by atoms with Gasteiger partial charge in [-0.2, -0.15) is 0 Å². The van der Waals surface area contributed by atoms with Crippen LogP contribution in [0.25, 0.3) is 0 Å². The van der Waals surface area contributed by atoms with E-state index in [0.717, 1.165) is 0 Å². The van der Waals surface area contributed by atoms with Gasteiger partial charge in [0.2, 0.25) is 17.7 Å². The predicted molar refractivity (Wildman–Crippen MR) is 86.5 cm³/mol. The Morgan fingerprint density at radius 2 is 1.67 bits per heavy atom. The summed E-state index contributed by atoms with van der Waals surface area (Å²) < 4.78 is 0. The number of nitrogens with one attached hydrogen (secondary N) is 2. The Hall–Kier alpha value is -2.20. The average molecular weight is 345 g/mol. The van der Waals surface area contributed by atoms with E-state index in [-0.39, 0.29) is 19.3 Å². The van der Waals surface area contributed by atoms with Gasteiger partial charge in [-0.1, -0.05) is 0 Å². The molecule has 0 aliphatic carbocycles. The zero-order chi connectivity index (χ0) is 18.7. The van der Waals surface area contributed by atoms with Gasteiger partial charge in [0.05, 0.1) is 6.04 Å². The highest BCUT2D eigenvalue weighted by Gasteiger charge is 2.25. The van der Waals surface area contributed by atoms with Crippen LogP contribution in [0.2, 0.25) is 0 Å². The number of nitrogens with two attached hydrogens (primary N) is 3. The van der Waals surface area contributed by atoms with Crippen molar-refractivity contribution in [3.8, 4) is 0 Å². The van der Waals surface area contributed by atoms with Crippen LogP contribution in [-0.4, -0.2) is 53.5 Å². The number of aliphatic carboxylic acids is 1. The molecule has 0 aliphatic rings. The summed E-state index contributed by atoms with van der Waals surface area (Å²) in [6.45, 7) is 1.85. The topological polar surface area (TPSA) is 191 Å². The lowest BCUT2D eigenvalue weighted by atomic mass is 10.1. The van der Waals surface area contributed by atoms with E-state index in [1.54, 1.807) is 0 Å². The second kappa shape index (κ2) is 11.4. The lowest BCUT2D eigenvalue weighted by Gasteiger charge is -2.20. The van der Waals surface area contributed by atoms with Gasteiger partial charge in [-0.25, -0.2) is 4.79 Å². The summed E-state index contributed by atoms with van der Waals surface area (Å²) in [7, 11) is 0. The van der Waals surface area contributed by atoms with E-state index in [9.17, 15) is 19.2 Å². The van der Waals surface area contributed by atoms with Crippen LogP contribution in [0.5, 0.6) is 0 Å². The average Bonchev–Trinajstić information content (AvgIpc) is 2.50. The van der Waals surface area contributed by atoms with Gasteiger partial charge in [-0.3, -0.25) is 14.4 Å². The zero-order valence-electron chi connectivity index (χ0n) is 13.8. The minimum Gasteiger partial charge on any atom is -0.480 e. The lowest BCUT2D eigenvalue weighted by Crippen LogP contribution is -2.53. The van der Waals surface area contributed by atoms with Gasteiger partial charge >= 0.3 is 5.97 Å². The molecule has 0 heterocycles. The molecule has 24 heavy (non-hydrogen) atoms. The van der Waals surface area contributed by atoms with Gasteiger partial charge in [0, 0.05) is 6.42 Å². The van der Waals surface area contributed by atoms with E-state index in [1.165, 1.54) is 6.92 Å². The van der Waals surface area contributed by atoms with Crippen molar-refractivity contribution >= 4 is 23.7 Å². The monoisotopic (exact) mass is 345 g/mol.